The van der Waals surface area contributed by atoms with E-state index in [2.05, 4.69) is 15.6 Å². The summed E-state index contributed by atoms with van der Waals surface area (Å²) in [6.45, 7) is 5.85. The second-order valence-corrected chi connectivity index (χ2v) is 9.36. The van der Waals surface area contributed by atoms with Crippen molar-refractivity contribution in [2.24, 2.45) is 5.73 Å². The number of amides is 1. The molecule has 1 saturated heterocycles. The number of hydrogen-bond donors (Lipinski definition) is 6. The number of aryl methyl sites for hydroxylation is 1. The molecule has 3 aromatic rings. The number of likely N-dealkylation sites (tertiary alicyclic amines) is 1. The number of anilines is 1. The van der Waals surface area contributed by atoms with Crippen molar-refractivity contribution in [3.8, 4) is 0 Å². The summed E-state index contributed by atoms with van der Waals surface area (Å²) in [6, 6.07) is 11.1. The molecule has 0 spiro atoms. The Bertz CT molecular complexity index is 1280. The Balaban J connectivity index is 1.59. The highest BCUT2D eigenvalue weighted by molar-refractivity contribution is 5.95. The van der Waals surface area contributed by atoms with Crippen molar-refractivity contribution in [2.45, 2.75) is 45.2 Å². The number of aliphatic carboxylic acids is 1. The van der Waals surface area contributed by atoms with E-state index in [1.807, 2.05) is 43.0 Å². The van der Waals surface area contributed by atoms with Gasteiger partial charge in [-0.1, -0.05) is 6.07 Å². The van der Waals surface area contributed by atoms with Crippen LogP contribution in [0.15, 0.2) is 36.4 Å². The summed E-state index contributed by atoms with van der Waals surface area (Å²) in [4.78, 5) is 34.7. The molecule has 1 aliphatic rings. The molecule has 0 radical (unpaired) electrons. The molecule has 1 unspecified atom stereocenters. The van der Waals surface area contributed by atoms with Gasteiger partial charge in [0, 0.05) is 30.9 Å². The van der Waals surface area contributed by atoms with Crippen LogP contribution in [0.1, 0.15) is 48.7 Å². The number of nitrogens with zero attached hydrogens (tertiary/aromatic N) is 2. The standard InChI is InChI=1S/C26H33N7O3/c1-16-19(26(2,30-12-11-22(34)35)25(36)33-13-3-4-14-33)9-10-20-23(16)32-21(31-20)15-29-18-7-5-17(6-8-18)24(27)28/h5-10,29-30H,3-4,11-15H2,1-2H3,(H3,27,28)(H,31,32)(H,34,35). The summed E-state index contributed by atoms with van der Waals surface area (Å²) in [5, 5.41) is 23.2. The number of amidine groups is 1. The lowest BCUT2D eigenvalue weighted by Gasteiger charge is -2.35. The van der Waals surface area contributed by atoms with Crippen LogP contribution in [0.4, 0.5) is 5.69 Å². The smallest absolute Gasteiger partial charge is 0.304 e. The van der Waals surface area contributed by atoms with Crippen LogP contribution in [0.3, 0.4) is 0 Å². The SMILES string of the molecule is Cc1c(C(C)(NCCC(=O)O)C(=O)N2CCCC2)ccc2[nH]c(CNc3ccc(C(=N)N)cc3)nc12. The number of nitrogen functional groups attached to an aromatic ring is 1. The number of carboxylic acids is 1. The first-order valence-electron chi connectivity index (χ1n) is 12.1. The highest BCUT2D eigenvalue weighted by atomic mass is 16.4. The van der Waals surface area contributed by atoms with Gasteiger partial charge >= 0.3 is 5.97 Å². The molecular weight excluding hydrogens is 458 g/mol. The number of fused-ring (bicyclic) bond motifs is 1. The number of hydrogen-bond acceptors (Lipinski definition) is 6. The minimum Gasteiger partial charge on any atom is -0.481 e. The average molecular weight is 492 g/mol. The summed E-state index contributed by atoms with van der Waals surface area (Å²) < 4.78 is 0. The van der Waals surface area contributed by atoms with Crippen LogP contribution in [0.25, 0.3) is 11.0 Å². The number of aromatic amines is 1. The highest BCUT2D eigenvalue weighted by Gasteiger charge is 2.40. The quantitative estimate of drug-likeness (QED) is 0.188. The first-order chi connectivity index (χ1) is 17.2. The van der Waals surface area contributed by atoms with Crippen molar-refractivity contribution in [3.05, 3.63) is 58.9 Å². The summed E-state index contributed by atoms with van der Waals surface area (Å²) in [5.74, 6) is -0.185. The molecule has 36 heavy (non-hydrogen) atoms. The number of H-pyrrole nitrogens is 1. The Morgan fingerprint density at radius 1 is 1.19 bits per heavy atom. The maximum Gasteiger partial charge on any atom is 0.304 e. The van der Waals surface area contributed by atoms with Gasteiger partial charge in [0.15, 0.2) is 0 Å². The van der Waals surface area contributed by atoms with Gasteiger partial charge < -0.3 is 26.0 Å². The first-order valence-corrected chi connectivity index (χ1v) is 12.1. The molecule has 2 aromatic carbocycles. The summed E-state index contributed by atoms with van der Waals surface area (Å²) >= 11 is 0. The van der Waals surface area contributed by atoms with Gasteiger partial charge in [-0.05, 0) is 68.1 Å². The van der Waals surface area contributed by atoms with E-state index in [0.717, 1.165) is 46.5 Å². The van der Waals surface area contributed by atoms with Gasteiger partial charge in [-0.25, -0.2) is 4.98 Å². The van der Waals surface area contributed by atoms with E-state index in [9.17, 15) is 9.59 Å². The minimum atomic E-state index is -1.06. The summed E-state index contributed by atoms with van der Waals surface area (Å²) in [7, 11) is 0. The molecule has 0 bridgehead atoms. The van der Waals surface area contributed by atoms with Gasteiger partial charge in [-0.3, -0.25) is 20.3 Å². The molecule has 1 atom stereocenters. The van der Waals surface area contributed by atoms with Crippen molar-refractivity contribution in [1.29, 1.82) is 5.41 Å². The zero-order chi connectivity index (χ0) is 25.9. The number of carbonyl (C=O) groups is 2. The van der Waals surface area contributed by atoms with E-state index < -0.39 is 11.5 Å². The Labute approximate surface area is 209 Å². The van der Waals surface area contributed by atoms with Crippen LogP contribution in [0.5, 0.6) is 0 Å². The molecule has 0 aliphatic carbocycles. The van der Waals surface area contributed by atoms with E-state index >= 15 is 0 Å². The lowest BCUT2D eigenvalue weighted by atomic mass is 9.86. The van der Waals surface area contributed by atoms with Crippen molar-refractivity contribution in [2.75, 3.05) is 25.0 Å². The lowest BCUT2D eigenvalue weighted by molar-refractivity contribution is -0.139. The first kappa shape index (κ1) is 25.2. The van der Waals surface area contributed by atoms with Crippen molar-refractivity contribution in [3.63, 3.8) is 0 Å². The van der Waals surface area contributed by atoms with Crippen LogP contribution in [-0.4, -0.2) is 57.3 Å². The fraction of sp³-hybridized carbons (Fsp3) is 0.385. The molecule has 10 nitrogen and oxygen atoms in total. The van der Waals surface area contributed by atoms with E-state index in [-0.39, 0.29) is 24.7 Å². The Morgan fingerprint density at radius 3 is 2.53 bits per heavy atom. The van der Waals surface area contributed by atoms with Crippen molar-refractivity contribution < 1.29 is 14.7 Å². The number of imidazole rings is 1. The zero-order valence-corrected chi connectivity index (χ0v) is 20.6. The molecule has 190 valence electrons. The van der Waals surface area contributed by atoms with Crippen LogP contribution in [-0.2, 0) is 21.7 Å². The van der Waals surface area contributed by atoms with Crippen molar-refractivity contribution in [1.82, 2.24) is 20.2 Å². The molecular formula is C26H33N7O3. The molecule has 1 amide bonds. The Hall–Kier alpha value is -3.92. The van der Waals surface area contributed by atoms with Gasteiger partial charge in [0.1, 0.15) is 17.2 Å². The number of nitrogens with one attached hydrogen (secondary N) is 4. The van der Waals surface area contributed by atoms with Gasteiger partial charge in [-0.2, -0.15) is 0 Å². The minimum absolute atomic E-state index is 0.0257. The van der Waals surface area contributed by atoms with E-state index in [1.165, 1.54) is 0 Å². The molecule has 7 N–H and O–H groups in total. The van der Waals surface area contributed by atoms with E-state index in [4.69, 9.17) is 21.2 Å². The number of nitrogens with two attached hydrogens (primary N) is 1. The molecule has 1 aromatic heterocycles. The molecule has 2 heterocycles. The maximum absolute atomic E-state index is 13.6. The van der Waals surface area contributed by atoms with Gasteiger partial charge in [0.2, 0.25) is 5.91 Å². The van der Waals surface area contributed by atoms with Crippen LogP contribution < -0.4 is 16.4 Å². The lowest BCUT2D eigenvalue weighted by Crippen LogP contribution is -2.54. The highest BCUT2D eigenvalue weighted by Crippen LogP contribution is 2.32. The number of carboxylic acid groups (broad SMARTS) is 1. The van der Waals surface area contributed by atoms with Gasteiger partial charge in [-0.15, -0.1) is 0 Å². The van der Waals surface area contributed by atoms with Crippen LogP contribution >= 0.6 is 0 Å². The van der Waals surface area contributed by atoms with Gasteiger partial charge in [0.25, 0.3) is 0 Å². The molecule has 10 heteroatoms. The third-order valence-electron chi connectivity index (χ3n) is 6.79. The van der Waals surface area contributed by atoms with Gasteiger partial charge in [0.05, 0.1) is 24.0 Å². The number of aromatic nitrogens is 2. The summed E-state index contributed by atoms with van der Waals surface area (Å²) in [6.07, 6.45) is 1.88. The second kappa shape index (κ2) is 10.4. The average Bonchev–Trinajstić information content (AvgIpc) is 3.53. The largest absolute Gasteiger partial charge is 0.481 e. The molecule has 1 fully saturated rings. The topological polar surface area (TPSA) is 160 Å². The number of rotatable bonds is 10. The fourth-order valence-corrected chi connectivity index (χ4v) is 4.78. The van der Waals surface area contributed by atoms with E-state index in [1.54, 1.807) is 12.1 Å². The third-order valence-corrected chi connectivity index (χ3v) is 6.79. The van der Waals surface area contributed by atoms with Crippen LogP contribution in [0, 0.1) is 12.3 Å². The fourth-order valence-electron chi connectivity index (χ4n) is 4.78. The molecule has 0 saturated carbocycles. The Morgan fingerprint density at radius 2 is 1.89 bits per heavy atom. The monoisotopic (exact) mass is 491 g/mol. The van der Waals surface area contributed by atoms with Crippen LogP contribution in [0.2, 0.25) is 0 Å². The normalized spacial score (nSPS) is 15.1. The zero-order valence-electron chi connectivity index (χ0n) is 20.6. The Kier molecular flexibility index (Phi) is 7.25. The number of benzene rings is 2. The number of carbonyl (C=O) groups excluding carboxylic acids is 1. The maximum atomic E-state index is 13.6. The van der Waals surface area contributed by atoms with E-state index in [0.29, 0.717) is 25.2 Å². The second-order valence-electron chi connectivity index (χ2n) is 9.36. The predicted molar refractivity (Wildman–Crippen MR) is 139 cm³/mol. The van der Waals surface area contributed by atoms with Crippen molar-refractivity contribution >= 4 is 34.4 Å². The summed E-state index contributed by atoms with van der Waals surface area (Å²) in [5.41, 5.74) is 9.30. The predicted octanol–water partition coefficient (Wildman–Crippen LogP) is 2.67. The molecule has 4 rings (SSSR count). The third kappa shape index (κ3) is 5.18. The molecule has 1 aliphatic heterocycles.